The molecule has 2 aromatic heterocycles. The van der Waals surface area contributed by atoms with Crippen LogP contribution in [-0.4, -0.2) is 26.6 Å². The smallest absolute Gasteiger partial charge is 0.274 e. The van der Waals surface area contributed by atoms with Gasteiger partial charge in [0, 0.05) is 20.0 Å². The Morgan fingerprint density at radius 3 is 2.32 bits per heavy atom. The van der Waals surface area contributed by atoms with E-state index in [1.165, 1.54) is 0 Å². The lowest BCUT2D eigenvalue weighted by molar-refractivity contribution is -0.137. The number of pyridine rings is 1. The van der Waals surface area contributed by atoms with E-state index in [0.29, 0.717) is 17.2 Å². The number of rotatable bonds is 2. The fourth-order valence-electron chi connectivity index (χ4n) is 2.05. The van der Waals surface area contributed by atoms with E-state index < -0.39 is 28.6 Å². The molecule has 0 spiro atoms. The van der Waals surface area contributed by atoms with Gasteiger partial charge in [-0.1, -0.05) is 11.6 Å². The largest absolute Gasteiger partial charge is 0.417 e. The molecule has 2 heterocycles. The predicted molar refractivity (Wildman–Crippen MR) is 79.9 cm³/mol. The fraction of sp³-hybridized carbons (Fsp3) is 0.214. The summed E-state index contributed by atoms with van der Waals surface area (Å²) in [6.45, 7) is 2.17. The van der Waals surface area contributed by atoms with Crippen LogP contribution in [0.25, 0.3) is 5.82 Å². The summed E-state index contributed by atoms with van der Waals surface area (Å²) in [4.78, 5) is 27.8. The molecule has 0 fully saturated rings. The summed E-state index contributed by atoms with van der Waals surface area (Å²) in [6.07, 6.45) is -3.07. The summed E-state index contributed by atoms with van der Waals surface area (Å²) in [7, 11) is 0. The molecule has 0 aromatic carbocycles. The highest BCUT2D eigenvalue weighted by molar-refractivity contribution is 6.32. The van der Waals surface area contributed by atoms with Crippen molar-refractivity contribution in [3.63, 3.8) is 0 Å². The van der Waals surface area contributed by atoms with Crippen LogP contribution in [0.1, 0.15) is 25.0 Å². The Balaban J connectivity index is 2.70. The molecule has 0 bridgehead atoms. The van der Waals surface area contributed by atoms with Gasteiger partial charge >= 0.3 is 6.18 Å². The Morgan fingerprint density at radius 1 is 1.28 bits per heavy atom. The number of anilines is 1. The van der Waals surface area contributed by atoms with Gasteiger partial charge in [-0.05, 0) is 6.07 Å². The van der Waals surface area contributed by atoms with Crippen LogP contribution in [-0.2, 0) is 15.8 Å². The Kier molecular flexibility index (Phi) is 4.80. The van der Waals surface area contributed by atoms with Gasteiger partial charge in [0.25, 0.3) is 0 Å². The molecular formula is C14H9ClF3N5O2. The lowest BCUT2D eigenvalue weighted by Crippen LogP contribution is -2.35. The van der Waals surface area contributed by atoms with Gasteiger partial charge in [0.15, 0.2) is 11.6 Å². The first kappa shape index (κ1) is 18.4. The Morgan fingerprint density at radius 2 is 1.88 bits per heavy atom. The minimum absolute atomic E-state index is 0.150. The van der Waals surface area contributed by atoms with Gasteiger partial charge in [-0.15, -0.1) is 0 Å². The molecule has 2 aromatic rings. The molecule has 0 unspecified atom stereocenters. The molecule has 0 atom stereocenters. The van der Waals surface area contributed by atoms with Crippen LogP contribution in [0, 0.1) is 11.3 Å². The molecule has 0 N–H and O–H groups in total. The minimum Gasteiger partial charge on any atom is -0.274 e. The molecule has 2 rings (SSSR count). The fourth-order valence-corrected chi connectivity index (χ4v) is 2.30. The number of amides is 2. The van der Waals surface area contributed by atoms with E-state index in [1.54, 1.807) is 6.07 Å². The number of halogens is 4. The Labute approximate surface area is 144 Å². The molecule has 25 heavy (non-hydrogen) atoms. The van der Waals surface area contributed by atoms with Crippen molar-refractivity contribution in [2.75, 3.05) is 4.90 Å². The van der Waals surface area contributed by atoms with Crippen LogP contribution in [0.3, 0.4) is 0 Å². The molecule has 0 radical (unpaired) electrons. The molecule has 0 aliphatic heterocycles. The van der Waals surface area contributed by atoms with E-state index in [4.69, 9.17) is 16.9 Å². The van der Waals surface area contributed by atoms with E-state index in [-0.39, 0.29) is 17.2 Å². The quantitative estimate of drug-likeness (QED) is 0.809. The Hall–Kier alpha value is -2.93. The van der Waals surface area contributed by atoms with E-state index in [2.05, 4.69) is 10.1 Å². The number of alkyl halides is 3. The summed E-state index contributed by atoms with van der Waals surface area (Å²) in [6, 6.07) is 2.38. The predicted octanol–water partition coefficient (Wildman–Crippen LogP) is 2.71. The monoisotopic (exact) mass is 371 g/mol. The number of nitrogens with zero attached hydrogens (tertiary/aromatic N) is 5. The van der Waals surface area contributed by atoms with Crippen molar-refractivity contribution in [2.24, 2.45) is 0 Å². The average molecular weight is 372 g/mol. The van der Waals surface area contributed by atoms with Gasteiger partial charge in [0.2, 0.25) is 11.8 Å². The summed E-state index contributed by atoms with van der Waals surface area (Å²) >= 11 is 5.86. The maximum atomic E-state index is 12.7. The zero-order valence-corrected chi connectivity index (χ0v) is 13.6. The molecule has 11 heteroatoms. The van der Waals surface area contributed by atoms with Crippen LogP contribution in [0.15, 0.2) is 18.5 Å². The van der Waals surface area contributed by atoms with Crippen LogP contribution in [0.4, 0.5) is 19.0 Å². The average Bonchev–Trinajstić information content (AvgIpc) is 2.89. The van der Waals surface area contributed by atoms with Crippen molar-refractivity contribution in [2.45, 2.75) is 20.0 Å². The van der Waals surface area contributed by atoms with E-state index >= 15 is 0 Å². The third-order valence-electron chi connectivity index (χ3n) is 3.06. The highest BCUT2D eigenvalue weighted by Gasteiger charge is 2.33. The van der Waals surface area contributed by atoms with E-state index in [9.17, 15) is 22.8 Å². The molecule has 0 aliphatic carbocycles. The summed E-state index contributed by atoms with van der Waals surface area (Å²) in [5.74, 6) is -1.95. The minimum atomic E-state index is -4.65. The molecule has 7 nitrogen and oxygen atoms in total. The SMILES string of the molecule is CC(=O)N(C(C)=O)c1c(C#N)cnn1-c1ncc(C(F)(F)F)cc1Cl. The summed E-state index contributed by atoms with van der Waals surface area (Å²) in [5, 5.41) is 12.6. The topological polar surface area (TPSA) is 91.9 Å². The first-order valence-corrected chi connectivity index (χ1v) is 6.98. The molecule has 0 saturated carbocycles. The van der Waals surface area contributed by atoms with Crippen molar-refractivity contribution >= 4 is 29.2 Å². The second-order valence-corrected chi connectivity index (χ2v) is 5.21. The van der Waals surface area contributed by atoms with Gasteiger partial charge in [0.1, 0.15) is 11.6 Å². The molecule has 0 saturated heterocycles. The van der Waals surface area contributed by atoms with Crippen LogP contribution >= 0.6 is 11.6 Å². The lowest BCUT2D eigenvalue weighted by atomic mass is 10.2. The summed E-state index contributed by atoms with van der Waals surface area (Å²) < 4.78 is 39.0. The van der Waals surface area contributed by atoms with Crippen molar-refractivity contribution in [1.29, 1.82) is 5.26 Å². The maximum Gasteiger partial charge on any atom is 0.417 e. The van der Waals surface area contributed by atoms with Crippen molar-refractivity contribution in [3.8, 4) is 11.9 Å². The first-order valence-electron chi connectivity index (χ1n) is 6.60. The molecule has 0 aliphatic rings. The van der Waals surface area contributed by atoms with Crippen LogP contribution in [0.5, 0.6) is 0 Å². The lowest BCUT2D eigenvalue weighted by Gasteiger charge is -2.19. The molecular weight excluding hydrogens is 363 g/mol. The second-order valence-electron chi connectivity index (χ2n) is 4.81. The second kappa shape index (κ2) is 6.52. The van der Waals surface area contributed by atoms with Crippen molar-refractivity contribution in [1.82, 2.24) is 14.8 Å². The first-order chi connectivity index (χ1) is 11.6. The highest BCUT2D eigenvalue weighted by atomic mass is 35.5. The number of hydrogen-bond donors (Lipinski definition) is 0. The van der Waals surface area contributed by atoms with Gasteiger partial charge in [-0.3, -0.25) is 9.59 Å². The van der Waals surface area contributed by atoms with E-state index in [1.807, 2.05) is 0 Å². The van der Waals surface area contributed by atoms with Gasteiger partial charge in [-0.25, -0.2) is 9.88 Å². The van der Waals surface area contributed by atoms with Gasteiger partial charge in [-0.2, -0.15) is 28.2 Å². The number of aromatic nitrogens is 3. The third kappa shape index (κ3) is 3.46. The van der Waals surface area contributed by atoms with Gasteiger partial charge in [0.05, 0.1) is 16.8 Å². The number of imide groups is 1. The highest BCUT2D eigenvalue weighted by Crippen LogP contribution is 2.33. The third-order valence-corrected chi connectivity index (χ3v) is 3.33. The number of hydrogen-bond acceptors (Lipinski definition) is 5. The zero-order chi connectivity index (χ0) is 18.9. The van der Waals surface area contributed by atoms with E-state index in [0.717, 1.165) is 24.7 Å². The van der Waals surface area contributed by atoms with Crippen LogP contribution in [0.2, 0.25) is 5.02 Å². The molecule has 2 amide bonds. The number of carbonyl (C=O) groups is 2. The van der Waals surface area contributed by atoms with Crippen molar-refractivity contribution in [3.05, 3.63) is 34.6 Å². The maximum absolute atomic E-state index is 12.7. The standard InChI is InChI=1S/C14H9ClF3N5O2/c1-7(24)22(8(2)25)13-9(4-19)5-21-23(13)12-11(15)3-10(6-20-12)14(16,17)18/h3,5-6H,1-2H3. The summed E-state index contributed by atoms with van der Waals surface area (Å²) in [5.41, 5.74) is -1.23. The Bertz CT molecular complexity index is 887. The van der Waals surface area contributed by atoms with Gasteiger partial charge < -0.3 is 0 Å². The zero-order valence-electron chi connectivity index (χ0n) is 12.8. The van der Waals surface area contributed by atoms with Crippen molar-refractivity contribution < 1.29 is 22.8 Å². The van der Waals surface area contributed by atoms with Crippen LogP contribution < -0.4 is 4.90 Å². The number of nitriles is 1. The normalized spacial score (nSPS) is 11.1. The number of carbonyl (C=O) groups excluding carboxylic acids is 2. The molecule has 130 valence electrons.